The van der Waals surface area contributed by atoms with Crippen molar-refractivity contribution >= 4 is 0 Å². The minimum atomic E-state index is -0.223. The van der Waals surface area contributed by atoms with E-state index in [0.717, 1.165) is 64.4 Å². The molecule has 0 bridgehead atoms. The number of hydrogen-bond donors (Lipinski definition) is 0. The Balaban J connectivity index is 1.63. The van der Waals surface area contributed by atoms with Gasteiger partial charge in [0.2, 0.25) is 0 Å². The highest BCUT2D eigenvalue weighted by Gasteiger charge is 2.37. The first-order chi connectivity index (χ1) is 14.5. The fraction of sp³-hybridized carbons (Fsp3) is 0.750. The number of rotatable bonds is 6. The summed E-state index contributed by atoms with van der Waals surface area (Å²) in [5.41, 5.74) is 0.0384. The Kier molecular flexibility index (Phi) is 7.65. The third-order valence-electron chi connectivity index (χ3n) is 7.03. The largest absolute Gasteiger partial charge is 0.355 e. The predicted molar refractivity (Wildman–Crippen MR) is 119 cm³/mol. The van der Waals surface area contributed by atoms with Crippen LogP contribution >= 0.6 is 0 Å². The van der Waals surface area contributed by atoms with E-state index in [1.165, 1.54) is 32.4 Å². The first kappa shape index (κ1) is 22.5. The number of nitrogens with zero attached hydrogens (tertiary/aromatic N) is 6. The Hall–Kier alpha value is -2.20. The molecule has 3 fully saturated rings. The molecule has 0 unspecified atom stereocenters. The highest BCUT2D eigenvalue weighted by atomic mass is 15.4. The molecule has 30 heavy (non-hydrogen) atoms. The molecule has 3 saturated heterocycles. The second-order valence-electron chi connectivity index (χ2n) is 9.28. The van der Waals surface area contributed by atoms with Gasteiger partial charge in [0.05, 0.1) is 5.54 Å². The molecule has 0 saturated carbocycles. The monoisotopic (exact) mass is 408 g/mol. The second-order valence-corrected chi connectivity index (χ2v) is 9.28. The van der Waals surface area contributed by atoms with Gasteiger partial charge in [0, 0.05) is 38.8 Å². The van der Waals surface area contributed by atoms with Gasteiger partial charge in [-0.25, -0.2) is 0 Å². The summed E-state index contributed by atoms with van der Waals surface area (Å²) in [6.07, 6.45) is 12.8. The average Bonchev–Trinajstić information content (AvgIpc) is 3.19. The molecule has 3 rings (SSSR count). The lowest BCUT2D eigenvalue weighted by Crippen LogP contribution is -2.51. The molecule has 0 aromatic carbocycles. The third kappa shape index (κ3) is 5.10. The molecule has 0 spiro atoms. The van der Waals surface area contributed by atoms with Crippen molar-refractivity contribution in [2.24, 2.45) is 0 Å². The second kappa shape index (κ2) is 10.2. The van der Waals surface area contributed by atoms with E-state index in [0.29, 0.717) is 6.04 Å². The number of terminal acetylenes is 1. The zero-order valence-corrected chi connectivity index (χ0v) is 18.7. The Morgan fingerprint density at radius 2 is 1.63 bits per heavy atom. The topological polar surface area (TPSA) is 60.5 Å². The summed E-state index contributed by atoms with van der Waals surface area (Å²) in [7, 11) is 0. The summed E-state index contributed by atoms with van der Waals surface area (Å²) in [5.74, 6) is 3.77. The van der Waals surface area contributed by atoms with Crippen LogP contribution in [-0.2, 0) is 0 Å². The summed E-state index contributed by atoms with van der Waals surface area (Å²) in [6.45, 7) is 12.4. The molecule has 162 valence electrons. The molecule has 3 aliphatic rings. The number of piperidine rings is 2. The van der Waals surface area contributed by atoms with Crippen LogP contribution in [0.15, 0.2) is 11.4 Å². The molecule has 3 heterocycles. The molecule has 6 heteroatoms. The highest BCUT2D eigenvalue weighted by molar-refractivity contribution is 5.40. The van der Waals surface area contributed by atoms with Crippen molar-refractivity contribution in [3.63, 3.8) is 0 Å². The van der Waals surface area contributed by atoms with E-state index in [2.05, 4.69) is 51.5 Å². The first-order valence-corrected chi connectivity index (χ1v) is 11.5. The van der Waals surface area contributed by atoms with E-state index < -0.39 is 0 Å². The van der Waals surface area contributed by atoms with Crippen molar-refractivity contribution < 1.29 is 0 Å². The van der Waals surface area contributed by atoms with Crippen molar-refractivity contribution in [3.05, 3.63) is 11.4 Å². The average molecular weight is 409 g/mol. The van der Waals surface area contributed by atoms with Gasteiger partial charge >= 0.3 is 0 Å². The van der Waals surface area contributed by atoms with Crippen LogP contribution in [0, 0.1) is 35.0 Å². The molecule has 3 aliphatic heterocycles. The van der Waals surface area contributed by atoms with Crippen LogP contribution in [0.25, 0.3) is 0 Å². The molecular formula is C24H36N6. The van der Waals surface area contributed by atoms with Crippen LogP contribution in [0.5, 0.6) is 0 Å². The van der Waals surface area contributed by atoms with Crippen LogP contribution in [0.1, 0.15) is 52.4 Å². The number of allylic oxidation sites excluding steroid dienone is 1. The lowest BCUT2D eigenvalue weighted by molar-refractivity contribution is 0.0894. The Morgan fingerprint density at radius 1 is 0.967 bits per heavy atom. The van der Waals surface area contributed by atoms with Gasteiger partial charge in [-0.2, -0.15) is 10.5 Å². The molecule has 0 aromatic rings. The lowest BCUT2D eigenvalue weighted by atomic mass is 9.96. The number of nitriles is 2. The Bertz CT molecular complexity index is 719. The van der Waals surface area contributed by atoms with E-state index >= 15 is 0 Å². The summed E-state index contributed by atoms with van der Waals surface area (Å²) in [6, 6.07) is 4.69. The van der Waals surface area contributed by atoms with Gasteiger partial charge < -0.3 is 14.7 Å². The summed E-state index contributed by atoms with van der Waals surface area (Å²) < 4.78 is 0. The molecule has 0 radical (unpaired) electrons. The third-order valence-corrected chi connectivity index (χ3v) is 7.03. The molecule has 0 aromatic heterocycles. The van der Waals surface area contributed by atoms with Crippen LogP contribution in [0.2, 0.25) is 0 Å². The normalized spacial score (nSPS) is 21.9. The van der Waals surface area contributed by atoms with Crippen molar-refractivity contribution in [1.82, 2.24) is 19.6 Å². The maximum absolute atomic E-state index is 9.61. The first-order valence-electron chi connectivity index (χ1n) is 11.5. The van der Waals surface area contributed by atoms with E-state index in [1.54, 1.807) is 0 Å². The molecule has 0 atom stereocenters. The molecule has 0 aliphatic carbocycles. The van der Waals surface area contributed by atoms with Gasteiger partial charge in [-0.3, -0.25) is 4.90 Å². The summed E-state index contributed by atoms with van der Waals surface area (Å²) in [5, 5.41) is 19.2. The van der Waals surface area contributed by atoms with Gasteiger partial charge in [0.25, 0.3) is 0 Å². The summed E-state index contributed by atoms with van der Waals surface area (Å²) in [4.78, 5) is 9.54. The van der Waals surface area contributed by atoms with Crippen LogP contribution in [0.4, 0.5) is 0 Å². The van der Waals surface area contributed by atoms with E-state index in [9.17, 15) is 10.5 Å². The zero-order valence-electron chi connectivity index (χ0n) is 18.7. The zero-order chi connectivity index (χ0) is 21.6. The summed E-state index contributed by atoms with van der Waals surface area (Å²) >= 11 is 0. The number of likely N-dealkylation sites (tertiary alicyclic amines) is 2. The predicted octanol–water partition coefficient (Wildman–Crippen LogP) is 2.61. The lowest BCUT2D eigenvalue weighted by Gasteiger charge is -2.43. The minimum absolute atomic E-state index is 0.223. The van der Waals surface area contributed by atoms with Crippen LogP contribution < -0.4 is 0 Å². The fourth-order valence-corrected chi connectivity index (χ4v) is 5.12. The van der Waals surface area contributed by atoms with E-state index in [-0.39, 0.29) is 11.1 Å². The standard InChI is InChI=1S/C24H36N6/c1-4-24(2,3)29-15-9-22(10-16-29)30-18-17-28(23(30)21(19-25)20-26)14-8-13-27-11-6-5-7-12-27/h1,22H,5-18H2,2-3H3. The highest BCUT2D eigenvalue weighted by Crippen LogP contribution is 2.31. The molecule has 6 nitrogen and oxygen atoms in total. The number of hydrogen-bond acceptors (Lipinski definition) is 6. The van der Waals surface area contributed by atoms with Gasteiger partial charge in [-0.05, 0) is 65.6 Å². The van der Waals surface area contributed by atoms with Crippen molar-refractivity contribution in [2.45, 2.75) is 64.0 Å². The maximum atomic E-state index is 9.61. The molecule has 0 N–H and O–H groups in total. The van der Waals surface area contributed by atoms with Gasteiger partial charge in [0.1, 0.15) is 18.0 Å². The van der Waals surface area contributed by atoms with Crippen molar-refractivity contribution in [3.8, 4) is 24.5 Å². The Labute approximate surface area is 182 Å². The quantitative estimate of drug-likeness (QED) is 0.497. The minimum Gasteiger partial charge on any atom is -0.355 e. The Morgan fingerprint density at radius 3 is 2.23 bits per heavy atom. The van der Waals surface area contributed by atoms with Gasteiger partial charge in [-0.15, -0.1) is 6.42 Å². The van der Waals surface area contributed by atoms with Crippen LogP contribution in [-0.4, -0.2) is 83.5 Å². The fourth-order valence-electron chi connectivity index (χ4n) is 5.12. The van der Waals surface area contributed by atoms with Gasteiger partial charge in [0.15, 0.2) is 5.57 Å². The molecular weight excluding hydrogens is 372 g/mol. The van der Waals surface area contributed by atoms with E-state index in [1.807, 2.05) is 0 Å². The molecule has 0 amide bonds. The smallest absolute Gasteiger partial charge is 0.169 e. The van der Waals surface area contributed by atoms with Gasteiger partial charge in [-0.1, -0.05) is 12.3 Å². The van der Waals surface area contributed by atoms with E-state index in [4.69, 9.17) is 6.42 Å². The maximum Gasteiger partial charge on any atom is 0.169 e. The SMILES string of the molecule is C#CC(C)(C)N1CCC(N2CCN(CCCN3CCCCC3)C2=C(C#N)C#N)CC1. The van der Waals surface area contributed by atoms with Crippen molar-refractivity contribution in [2.75, 3.05) is 52.4 Å². The van der Waals surface area contributed by atoms with Crippen LogP contribution in [0.3, 0.4) is 0 Å². The van der Waals surface area contributed by atoms with Crippen molar-refractivity contribution in [1.29, 1.82) is 10.5 Å².